The van der Waals surface area contributed by atoms with Gasteiger partial charge in [-0.3, -0.25) is 0 Å². The molecule has 114 valence electrons. The Morgan fingerprint density at radius 2 is 1.95 bits per heavy atom. The third-order valence-corrected chi connectivity index (χ3v) is 4.11. The van der Waals surface area contributed by atoms with Crippen LogP contribution in [0.2, 0.25) is 0 Å². The highest BCUT2D eigenvalue weighted by Gasteiger charge is 2.26. The van der Waals surface area contributed by atoms with Crippen molar-refractivity contribution in [3.8, 4) is 0 Å². The lowest BCUT2D eigenvalue weighted by Gasteiger charge is -2.39. The SMILES string of the molecule is CCC(O)C[N+]1(C)CCCCC1.Cc1ccc[n+](C)c1. The summed E-state index contributed by atoms with van der Waals surface area (Å²) in [5.74, 6) is 0. The largest absolute Gasteiger partial charge is 0.387 e. The Morgan fingerprint density at radius 1 is 1.30 bits per heavy atom. The van der Waals surface area contributed by atoms with Crippen molar-refractivity contribution in [2.75, 3.05) is 26.7 Å². The molecule has 0 saturated carbocycles. The Hall–Kier alpha value is -0.930. The van der Waals surface area contributed by atoms with E-state index in [1.165, 1.54) is 37.9 Å². The molecule has 2 heterocycles. The first-order valence-electron chi connectivity index (χ1n) is 7.89. The van der Waals surface area contributed by atoms with Crippen LogP contribution < -0.4 is 4.57 Å². The maximum Gasteiger partial charge on any atom is 0.171 e. The highest BCUT2D eigenvalue weighted by Crippen LogP contribution is 2.17. The number of likely N-dealkylation sites (tertiary alicyclic amines) is 1. The van der Waals surface area contributed by atoms with Crippen LogP contribution in [0, 0.1) is 6.92 Å². The van der Waals surface area contributed by atoms with Crippen molar-refractivity contribution in [3.05, 3.63) is 30.1 Å². The summed E-state index contributed by atoms with van der Waals surface area (Å²) in [6.07, 6.45) is 8.98. The number of likely N-dealkylation sites (N-methyl/N-ethyl adjacent to an activating group) is 1. The van der Waals surface area contributed by atoms with E-state index in [9.17, 15) is 5.11 Å². The molecule has 1 aliphatic heterocycles. The van der Waals surface area contributed by atoms with Crippen LogP contribution in [0.1, 0.15) is 38.2 Å². The Bertz CT molecular complexity index is 369. The molecule has 1 unspecified atom stereocenters. The predicted octanol–water partition coefficient (Wildman–Crippen LogP) is 2.21. The molecule has 0 aliphatic carbocycles. The number of quaternary nitrogens is 1. The third kappa shape index (κ3) is 6.49. The number of aliphatic hydroxyl groups is 1. The minimum absolute atomic E-state index is 0.0897. The molecule has 0 spiro atoms. The monoisotopic (exact) mass is 280 g/mol. The average Bonchev–Trinajstić information content (AvgIpc) is 2.39. The van der Waals surface area contributed by atoms with Gasteiger partial charge in [-0.25, -0.2) is 4.57 Å². The molecule has 20 heavy (non-hydrogen) atoms. The number of piperidine rings is 1. The van der Waals surface area contributed by atoms with Crippen LogP contribution in [-0.4, -0.2) is 42.4 Å². The molecule has 1 fully saturated rings. The van der Waals surface area contributed by atoms with E-state index >= 15 is 0 Å². The van der Waals surface area contributed by atoms with E-state index in [4.69, 9.17) is 0 Å². The van der Waals surface area contributed by atoms with Gasteiger partial charge in [-0.15, -0.1) is 0 Å². The van der Waals surface area contributed by atoms with Crippen LogP contribution in [0.15, 0.2) is 24.5 Å². The summed E-state index contributed by atoms with van der Waals surface area (Å²) in [6, 6.07) is 4.12. The number of hydrogen-bond donors (Lipinski definition) is 1. The van der Waals surface area contributed by atoms with Gasteiger partial charge in [-0.05, 0) is 38.7 Å². The van der Waals surface area contributed by atoms with Crippen LogP contribution in [0.25, 0.3) is 0 Å². The zero-order valence-electron chi connectivity index (χ0n) is 13.7. The van der Waals surface area contributed by atoms with E-state index in [2.05, 4.69) is 33.2 Å². The lowest BCUT2D eigenvalue weighted by molar-refractivity contribution is -0.916. The highest BCUT2D eigenvalue weighted by atomic mass is 16.3. The normalized spacial score (nSPS) is 18.9. The van der Waals surface area contributed by atoms with E-state index in [1.54, 1.807) is 0 Å². The van der Waals surface area contributed by atoms with Gasteiger partial charge in [0.2, 0.25) is 0 Å². The van der Waals surface area contributed by atoms with Crippen LogP contribution >= 0.6 is 0 Å². The number of nitrogens with zero attached hydrogens (tertiary/aromatic N) is 2. The second kappa shape index (κ2) is 8.38. The van der Waals surface area contributed by atoms with Gasteiger partial charge in [0.25, 0.3) is 0 Å². The van der Waals surface area contributed by atoms with Crippen LogP contribution in [0.5, 0.6) is 0 Å². The molecule has 1 saturated heterocycles. The predicted molar refractivity (Wildman–Crippen MR) is 83.3 cm³/mol. The van der Waals surface area contributed by atoms with E-state index < -0.39 is 0 Å². The topological polar surface area (TPSA) is 24.1 Å². The Labute approximate surface area is 124 Å². The van der Waals surface area contributed by atoms with Crippen molar-refractivity contribution >= 4 is 0 Å². The minimum atomic E-state index is -0.0897. The van der Waals surface area contributed by atoms with Crippen LogP contribution in [0.4, 0.5) is 0 Å². The molecule has 0 bridgehead atoms. The molecule has 1 aromatic rings. The molecular formula is C17H32N2O+2. The first-order chi connectivity index (χ1) is 9.45. The van der Waals surface area contributed by atoms with Crippen molar-refractivity contribution in [2.45, 2.75) is 45.6 Å². The van der Waals surface area contributed by atoms with Gasteiger partial charge in [0.15, 0.2) is 12.4 Å². The number of rotatable bonds is 3. The summed E-state index contributed by atoms with van der Waals surface area (Å²) >= 11 is 0. The number of aryl methyl sites for hydroxylation is 2. The fraction of sp³-hybridized carbons (Fsp3) is 0.706. The van der Waals surface area contributed by atoms with E-state index in [-0.39, 0.29) is 6.10 Å². The van der Waals surface area contributed by atoms with E-state index in [0.717, 1.165) is 17.4 Å². The summed E-state index contributed by atoms with van der Waals surface area (Å²) in [5.41, 5.74) is 1.30. The Kier molecular flexibility index (Phi) is 7.17. The third-order valence-electron chi connectivity index (χ3n) is 4.11. The summed E-state index contributed by atoms with van der Waals surface area (Å²) in [7, 11) is 4.30. The maximum atomic E-state index is 9.56. The summed E-state index contributed by atoms with van der Waals surface area (Å²) in [5, 5.41) is 9.56. The second-order valence-corrected chi connectivity index (χ2v) is 6.42. The number of pyridine rings is 1. The van der Waals surface area contributed by atoms with Crippen molar-refractivity contribution in [1.29, 1.82) is 0 Å². The number of aromatic nitrogens is 1. The zero-order valence-corrected chi connectivity index (χ0v) is 13.7. The van der Waals surface area contributed by atoms with Crippen molar-refractivity contribution < 1.29 is 14.2 Å². The van der Waals surface area contributed by atoms with Crippen molar-refractivity contribution in [1.82, 2.24) is 0 Å². The first-order valence-corrected chi connectivity index (χ1v) is 7.89. The van der Waals surface area contributed by atoms with Crippen molar-refractivity contribution in [3.63, 3.8) is 0 Å². The lowest BCUT2D eigenvalue weighted by atomic mass is 10.1. The molecule has 1 aromatic heterocycles. The van der Waals surface area contributed by atoms with Gasteiger partial charge in [0.1, 0.15) is 19.7 Å². The smallest absolute Gasteiger partial charge is 0.171 e. The highest BCUT2D eigenvalue weighted by molar-refractivity contribution is 5.00. The molecule has 3 heteroatoms. The fourth-order valence-electron chi connectivity index (χ4n) is 2.83. The van der Waals surface area contributed by atoms with Crippen LogP contribution in [0.3, 0.4) is 0 Å². The summed E-state index contributed by atoms with van der Waals surface area (Å²) in [4.78, 5) is 0. The number of hydrogen-bond acceptors (Lipinski definition) is 1. The quantitative estimate of drug-likeness (QED) is 0.666. The average molecular weight is 280 g/mol. The van der Waals surface area contributed by atoms with Gasteiger partial charge in [-0.1, -0.05) is 6.92 Å². The van der Waals surface area contributed by atoms with E-state index in [1.807, 2.05) is 23.9 Å². The molecular weight excluding hydrogens is 248 g/mol. The molecule has 0 aromatic carbocycles. The summed E-state index contributed by atoms with van der Waals surface area (Å²) < 4.78 is 3.13. The second-order valence-electron chi connectivity index (χ2n) is 6.42. The standard InChI is InChI=1S/C10H22NO.C7H10N/c1-3-10(12)9-11(2)7-5-4-6-8-11;1-7-4-3-5-8(2)6-7/h10,12H,3-9H2,1-2H3;3-6H,1-2H3/q2*+1. The van der Waals surface area contributed by atoms with Gasteiger partial charge < -0.3 is 9.59 Å². The first kappa shape index (κ1) is 17.1. The van der Waals surface area contributed by atoms with Crippen LogP contribution in [-0.2, 0) is 7.05 Å². The summed E-state index contributed by atoms with van der Waals surface area (Å²) in [6.45, 7) is 7.62. The van der Waals surface area contributed by atoms with Gasteiger partial charge in [-0.2, -0.15) is 0 Å². The molecule has 0 radical (unpaired) electrons. The molecule has 2 rings (SSSR count). The van der Waals surface area contributed by atoms with Gasteiger partial charge >= 0.3 is 0 Å². The molecule has 1 N–H and O–H groups in total. The van der Waals surface area contributed by atoms with E-state index in [0.29, 0.717) is 0 Å². The lowest BCUT2D eigenvalue weighted by Crippen LogP contribution is -2.51. The Balaban J connectivity index is 0.000000217. The molecule has 1 atom stereocenters. The Morgan fingerprint density at radius 3 is 2.40 bits per heavy atom. The minimum Gasteiger partial charge on any atom is -0.387 e. The molecule has 0 amide bonds. The molecule has 3 nitrogen and oxygen atoms in total. The zero-order chi connectivity index (χ0) is 15.0. The van der Waals surface area contributed by atoms with Gasteiger partial charge in [0, 0.05) is 11.6 Å². The number of aliphatic hydroxyl groups excluding tert-OH is 1. The van der Waals surface area contributed by atoms with Gasteiger partial charge in [0.05, 0.1) is 20.1 Å². The maximum absolute atomic E-state index is 9.56. The fourth-order valence-corrected chi connectivity index (χ4v) is 2.83. The molecule has 1 aliphatic rings. The van der Waals surface area contributed by atoms with Crippen molar-refractivity contribution in [2.24, 2.45) is 7.05 Å².